The van der Waals surface area contributed by atoms with E-state index in [1.807, 2.05) is 13.0 Å². The minimum absolute atomic E-state index is 0.0634. The van der Waals surface area contributed by atoms with Crippen LogP contribution in [0.4, 0.5) is 0 Å². The topological polar surface area (TPSA) is 37.3 Å². The number of Topliss-reactive ketones (excluding diaryl/α,β-unsaturated/α-hetero) is 1. The fourth-order valence-electron chi connectivity index (χ4n) is 2.45. The van der Waals surface area contributed by atoms with E-state index in [2.05, 4.69) is 15.9 Å². The highest BCUT2D eigenvalue weighted by Gasteiger charge is 2.10. The van der Waals surface area contributed by atoms with Crippen LogP contribution in [0.2, 0.25) is 0 Å². The highest BCUT2D eigenvalue weighted by atomic mass is 79.9. The van der Waals surface area contributed by atoms with Gasteiger partial charge in [0.2, 0.25) is 0 Å². The molecule has 0 saturated heterocycles. The van der Waals surface area contributed by atoms with Gasteiger partial charge in [-0.15, -0.1) is 0 Å². The Kier molecular flexibility index (Phi) is 9.40. The van der Waals surface area contributed by atoms with Crippen LogP contribution in [-0.4, -0.2) is 16.2 Å². The molecule has 1 aromatic carbocycles. The van der Waals surface area contributed by atoms with Crippen molar-refractivity contribution in [2.45, 2.75) is 64.7 Å². The first-order valence-electron chi connectivity index (χ1n) is 8.04. The molecule has 0 unspecified atom stereocenters. The lowest BCUT2D eigenvalue weighted by Gasteiger charge is -2.05. The van der Waals surface area contributed by atoms with E-state index in [1.54, 1.807) is 12.1 Å². The molecule has 21 heavy (non-hydrogen) atoms. The van der Waals surface area contributed by atoms with E-state index >= 15 is 0 Å². The van der Waals surface area contributed by atoms with Gasteiger partial charge in [-0.25, -0.2) is 0 Å². The number of alkyl halides is 1. The van der Waals surface area contributed by atoms with Gasteiger partial charge < -0.3 is 5.11 Å². The number of carbonyl (C=O) groups is 1. The lowest BCUT2D eigenvalue weighted by molar-refractivity contribution is 0.0976. The zero-order valence-corrected chi connectivity index (χ0v) is 14.6. The predicted octanol–water partition coefficient (Wildman–Crippen LogP) is 5.79. The Morgan fingerprint density at radius 1 is 1.00 bits per heavy atom. The molecule has 1 rings (SSSR count). The predicted molar refractivity (Wildman–Crippen MR) is 92.5 cm³/mol. The van der Waals surface area contributed by atoms with E-state index in [0.717, 1.165) is 23.7 Å². The number of carbonyl (C=O) groups excluding carboxylic acids is 1. The molecule has 3 heteroatoms. The van der Waals surface area contributed by atoms with Crippen LogP contribution in [0.1, 0.15) is 73.7 Å². The summed E-state index contributed by atoms with van der Waals surface area (Å²) < 4.78 is 0. The molecular formula is C18H27BrO2. The summed E-state index contributed by atoms with van der Waals surface area (Å²) in [7, 11) is 0. The SMILES string of the molecule is Cc1ccc(O)c(C(=O)CCCCCCCCCCBr)c1. The number of hydrogen-bond donors (Lipinski definition) is 1. The van der Waals surface area contributed by atoms with E-state index in [9.17, 15) is 9.90 Å². The van der Waals surface area contributed by atoms with Gasteiger partial charge in [0.25, 0.3) is 0 Å². The van der Waals surface area contributed by atoms with Crippen LogP contribution in [0.15, 0.2) is 18.2 Å². The van der Waals surface area contributed by atoms with Crippen molar-refractivity contribution < 1.29 is 9.90 Å². The molecule has 0 saturated carbocycles. The van der Waals surface area contributed by atoms with Crippen molar-refractivity contribution in [3.63, 3.8) is 0 Å². The Bertz CT molecular complexity index is 429. The third kappa shape index (κ3) is 7.66. The molecule has 0 spiro atoms. The van der Waals surface area contributed by atoms with Crippen molar-refractivity contribution in [1.29, 1.82) is 0 Å². The lowest BCUT2D eigenvalue weighted by atomic mass is 10.0. The van der Waals surface area contributed by atoms with Gasteiger partial charge in [0.15, 0.2) is 5.78 Å². The number of hydrogen-bond acceptors (Lipinski definition) is 2. The maximum absolute atomic E-state index is 12.1. The first kappa shape index (κ1) is 18.2. The number of ketones is 1. The summed E-state index contributed by atoms with van der Waals surface area (Å²) in [5, 5.41) is 10.8. The Morgan fingerprint density at radius 2 is 1.57 bits per heavy atom. The highest BCUT2D eigenvalue weighted by molar-refractivity contribution is 9.09. The molecule has 0 heterocycles. The van der Waals surface area contributed by atoms with Crippen molar-refractivity contribution in [1.82, 2.24) is 0 Å². The van der Waals surface area contributed by atoms with Gasteiger partial charge in [0, 0.05) is 11.8 Å². The van der Waals surface area contributed by atoms with E-state index < -0.39 is 0 Å². The normalized spacial score (nSPS) is 10.8. The van der Waals surface area contributed by atoms with Crippen LogP contribution >= 0.6 is 15.9 Å². The van der Waals surface area contributed by atoms with Gasteiger partial charge >= 0.3 is 0 Å². The van der Waals surface area contributed by atoms with Gasteiger partial charge in [-0.3, -0.25) is 4.79 Å². The highest BCUT2D eigenvalue weighted by Crippen LogP contribution is 2.21. The van der Waals surface area contributed by atoms with Gasteiger partial charge in [-0.05, 0) is 31.9 Å². The summed E-state index contributed by atoms with van der Waals surface area (Å²) in [6, 6.07) is 5.21. The molecule has 0 amide bonds. The first-order chi connectivity index (χ1) is 10.1. The summed E-state index contributed by atoms with van der Waals surface area (Å²) in [4.78, 5) is 12.1. The van der Waals surface area contributed by atoms with Crippen molar-refractivity contribution in [2.75, 3.05) is 5.33 Å². The first-order valence-corrected chi connectivity index (χ1v) is 9.16. The molecule has 1 aromatic rings. The Balaban J connectivity index is 2.12. The van der Waals surface area contributed by atoms with Crippen molar-refractivity contribution in [3.8, 4) is 5.75 Å². The summed E-state index contributed by atoms with van der Waals surface area (Å²) >= 11 is 3.45. The van der Waals surface area contributed by atoms with Crippen molar-refractivity contribution >= 4 is 21.7 Å². The monoisotopic (exact) mass is 354 g/mol. The second-order valence-corrected chi connectivity index (χ2v) is 6.50. The quantitative estimate of drug-likeness (QED) is 0.310. The summed E-state index contributed by atoms with van der Waals surface area (Å²) in [6.45, 7) is 1.94. The maximum atomic E-state index is 12.1. The van der Waals surface area contributed by atoms with E-state index in [-0.39, 0.29) is 11.5 Å². The molecular weight excluding hydrogens is 328 g/mol. The number of aromatic hydroxyl groups is 1. The number of rotatable bonds is 11. The molecule has 0 bridgehead atoms. The molecule has 118 valence electrons. The molecule has 1 N–H and O–H groups in total. The number of phenols is 1. The molecule has 0 aliphatic rings. The van der Waals surface area contributed by atoms with E-state index in [1.165, 1.54) is 38.5 Å². The second-order valence-electron chi connectivity index (χ2n) is 5.71. The lowest BCUT2D eigenvalue weighted by Crippen LogP contribution is -2.00. The van der Waals surface area contributed by atoms with Crippen LogP contribution in [0, 0.1) is 6.92 Å². The van der Waals surface area contributed by atoms with Gasteiger partial charge in [0.1, 0.15) is 5.75 Å². The third-order valence-electron chi connectivity index (χ3n) is 3.74. The summed E-state index contributed by atoms with van der Waals surface area (Å²) in [6.07, 6.45) is 10.3. The Morgan fingerprint density at radius 3 is 2.19 bits per heavy atom. The van der Waals surface area contributed by atoms with Crippen LogP contribution in [0.3, 0.4) is 0 Å². The van der Waals surface area contributed by atoms with Crippen LogP contribution in [0.5, 0.6) is 5.75 Å². The fraction of sp³-hybridized carbons (Fsp3) is 0.611. The van der Waals surface area contributed by atoms with E-state index in [0.29, 0.717) is 12.0 Å². The molecule has 0 atom stereocenters. The van der Waals surface area contributed by atoms with E-state index in [4.69, 9.17) is 0 Å². The zero-order chi connectivity index (χ0) is 15.5. The van der Waals surface area contributed by atoms with Gasteiger partial charge in [-0.1, -0.05) is 66.1 Å². The maximum Gasteiger partial charge on any atom is 0.166 e. The van der Waals surface area contributed by atoms with Crippen LogP contribution in [0.25, 0.3) is 0 Å². The van der Waals surface area contributed by atoms with Crippen LogP contribution < -0.4 is 0 Å². The van der Waals surface area contributed by atoms with Crippen molar-refractivity contribution in [2.24, 2.45) is 0 Å². The number of halogens is 1. The zero-order valence-electron chi connectivity index (χ0n) is 13.0. The third-order valence-corrected chi connectivity index (χ3v) is 4.30. The minimum Gasteiger partial charge on any atom is -0.507 e. The smallest absolute Gasteiger partial charge is 0.166 e. The molecule has 0 aromatic heterocycles. The minimum atomic E-state index is 0.0634. The average molecular weight is 355 g/mol. The largest absolute Gasteiger partial charge is 0.507 e. The fourth-order valence-corrected chi connectivity index (χ4v) is 2.85. The second kappa shape index (κ2) is 10.8. The number of phenolic OH excluding ortho intramolecular Hbond substituents is 1. The standard InChI is InChI=1S/C18H27BrO2/c1-15-11-12-18(21)16(14-15)17(20)10-8-6-4-2-3-5-7-9-13-19/h11-12,14,21H,2-10,13H2,1H3. The molecule has 0 fully saturated rings. The molecule has 0 aliphatic heterocycles. The molecule has 0 aliphatic carbocycles. The average Bonchev–Trinajstić information content (AvgIpc) is 2.48. The van der Waals surface area contributed by atoms with Crippen LogP contribution in [-0.2, 0) is 0 Å². The Labute approximate surface area is 137 Å². The molecule has 0 radical (unpaired) electrons. The Hall–Kier alpha value is -0.830. The number of benzene rings is 1. The summed E-state index contributed by atoms with van der Waals surface area (Å²) in [5.41, 5.74) is 1.49. The van der Waals surface area contributed by atoms with Gasteiger partial charge in [-0.2, -0.15) is 0 Å². The van der Waals surface area contributed by atoms with Crippen molar-refractivity contribution in [3.05, 3.63) is 29.3 Å². The number of unbranched alkanes of at least 4 members (excludes halogenated alkanes) is 7. The number of aryl methyl sites for hydroxylation is 1. The van der Waals surface area contributed by atoms with Gasteiger partial charge in [0.05, 0.1) is 5.56 Å². The molecule has 2 nitrogen and oxygen atoms in total. The summed E-state index contributed by atoms with van der Waals surface area (Å²) in [5.74, 6) is 0.172.